The van der Waals surface area contributed by atoms with Crippen LogP contribution in [-0.4, -0.2) is 17.7 Å². The van der Waals surface area contributed by atoms with Crippen molar-refractivity contribution in [3.05, 3.63) is 41.7 Å². The number of hydrogen-bond acceptors (Lipinski definition) is 2. The molecule has 0 N–H and O–H groups in total. The molecule has 0 aliphatic carbocycles. The summed E-state index contributed by atoms with van der Waals surface area (Å²) in [6.07, 6.45) is -4.37. The Morgan fingerprint density at radius 1 is 1.10 bits per heavy atom. The van der Waals surface area contributed by atoms with E-state index in [1.54, 1.807) is 20.8 Å². The predicted octanol–water partition coefficient (Wildman–Crippen LogP) is 4.11. The summed E-state index contributed by atoms with van der Waals surface area (Å²) < 4.78 is 56.3. The van der Waals surface area contributed by atoms with E-state index in [9.17, 15) is 22.4 Å². The first-order chi connectivity index (χ1) is 8.99. The van der Waals surface area contributed by atoms with Crippen LogP contribution in [-0.2, 0) is 9.53 Å². The highest BCUT2D eigenvalue weighted by atomic mass is 19.4. The van der Waals surface area contributed by atoms with Crippen molar-refractivity contribution < 1.29 is 27.1 Å². The molecule has 2 nitrogen and oxygen atoms in total. The van der Waals surface area contributed by atoms with E-state index in [0.29, 0.717) is 6.08 Å². The molecular formula is C14H14F4O2. The fourth-order valence-electron chi connectivity index (χ4n) is 1.41. The zero-order valence-corrected chi connectivity index (χ0v) is 11.2. The van der Waals surface area contributed by atoms with E-state index in [4.69, 9.17) is 4.74 Å². The number of ether oxygens (including phenoxy) is 1. The molecule has 0 atom stereocenters. The van der Waals surface area contributed by atoms with Crippen LogP contribution in [0.25, 0.3) is 5.57 Å². The van der Waals surface area contributed by atoms with Gasteiger partial charge in [0, 0.05) is 6.08 Å². The molecule has 20 heavy (non-hydrogen) atoms. The Balaban J connectivity index is 3.14. The van der Waals surface area contributed by atoms with Crippen LogP contribution in [0.4, 0.5) is 17.6 Å². The zero-order valence-electron chi connectivity index (χ0n) is 11.2. The normalized spacial score (nSPS) is 13.2. The summed E-state index contributed by atoms with van der Waals surface area (Å²) >= 11 is 0. The third-order valence-electron chi connectivity index (χ3n) is 2.13. The molecule has 0 amide bonds. The van der Waals surface area contributed by atoms with E-state index < -0.39 is 29.1 Å². The Hall–Kier alpha value is -1.85. The molecule has 0 aliphatic heterocycles. The van der Waals surface area contributed by atoms with E-state index >= 15 is 0 Å². The molecule has 1 rings (SSSR count). The lowest BCUT2D eigenvalue weighted by molar-refractivity contribution is -0.148. The van der Waals surface area contributed by atoms with Crippen LogP contribution >= 0.6 is 0 Å². The summed E-state index contributed by atoms with van der Waals surface area (Å²) in [5.41, 5.74) is -2.37. The van der Waals surface area contributed by atoms with Crippen molar-refractivity contribution in [2.24, 2.45) is 0 Å². The fourth-order valence-corrected chi connectivity index (χ4v) is 1.41. The first kappa shape index (κ1) is 16.2. The third-order valence-corrected chi connectivity index (χ3v) is 2.13. The minimum absolute atomic E-state index is 0.301. The topological polar surface area (TPSA) is 26.3 Å². The van der Waals surface area contributed by atoms with E-state index in [1.807, 2.05) is 0 Å². The lowest BCUT2D eigenvalue weighted by Crippen LogP contribution is -2.23. The SMILES string of the molecule is CC(C)(C)OC(=O)/C=C(\c1ccc(F)cc1)C(F)(F)F. The fraction of sp³-hybridized carbons (Fsp3) is 0.357. The second kappa shape index (κ2) is 5.64. The molecule has 1 aromatic rings. The average molecular weight is 290 g/mol. The Morgan fingerprint density at radius 2 is 1.60 bits per heavy atom. The van der Waals surface area contributed by atoms with Crippen LogP contribution in [0.15, 0.2) is 30.3 Å². The maximum Gasteiger partial charge on any atom is 0.417 e. The zero-order chi connectivity index (χ0) is 15.6. The van der Waals surface area contributed by atoms with Crippen molar-refractivity contribution in [3.63, 3.8) is 0 Å². The number of rotatable bonds is 2. The number of esters is 1. The van der Waals surface area contributed by atoms with Gasteiger partial charge in [-0.05, 0) is 38.5 Å². The van der Waals surface area contributed by atoms with Gasteiger partial charge in [-0.25, -0.2) is 9.18 Å². The van der Waals surface area contributed by atoms with Crippen molar-refractivity contribution in [3.8, 4) is 0 Å². The van der Waals surface area contributed by atoms with Gasteiger partial charge in [0.05, 0.1) is 5.57 Å². The summed E-state index contributed by atoms with van der Waals surface area (Å²) in [7, 11) is 0. The van der Waals surface area contributed by atoms with Gasteiger partial charge in [-0.2, -0.15) is 13.2 Å². The van der Waals surface area contributed by atoms with Crippen molar-refractivity contribution in [2.45, 2.75) is 32.5 Å². The minimum Gasteiger partial charge on any atom is -0.457 e. The second-order valence-corrected chi connectivity index (χ2v) is 5.10. The number of allylic oxidation sites excluding steroid dienone is 1. The van der Waals surface area contributed by atoms with Crippen LogP contribution in [0.5, 0.6) is 0 Å². The highest BCUT2D eigenvalue weighted by Gasteiger charge is 2.35. The number of carbonyl (C=O) groups excluding carboxylic acids is 1. The Morgan fingerprint density at radius 3 is 2.00 bits per heavy atom. The van der Waals surface area contributed by atoms with Gasteiger partial charge in [-0.15, -0.1) is 0 Å². The first-order valence-corrected chi connectivity index (χ1v) is 5.77. The van der Waals surface area contributed by atoms with Gasteiger partial charge in [-0.3, -0.25) is 0 Å². The highest BCUT2D eigenvalue weighted by Crippen LogP contribution is 2.34. The van der Waals surface area contributed by atoms with Crippen molar-refractivity contribution in [1.29, 1.82) is 0 Å². The third kappa shape index (κ3) is 5.03. The van der Waals surface area contributed by atoms with Gasteiger partial charge >= 0.3 is 12.1 Å². The van der Waals surface area contributed by atoms with Crippen LogP contribution in [0.1, 0.15) is 26.3 Å². The van der Waals surface area contributed by atoms with E-state index in [-0.39, 0.29) is 5.56 Å². The molecular weight excluding hydrogens is 276 g/mol. The van der Waals surface area contributed by atoms with Crippen molar-refractivity contribution >= 4 is 11.5 Å². The van der Waals surface area contributed by atoms with Gasteiger partial charge in [0.25, 0.3) is 0 Å². The number of benzene rings is 1. The van der Waals surface area contributed by atoms with E-state index in [2.05, 4.69) is 0 Å². The molecule has 0 heterocycles. The van der Waals surface area contributed by atoms with E-state index in [1.165, 1.54) is 0 Å². The van der Waals surface area contributed by atoms with Gasteiger partial charge in [-0.1, -0.05) is 12.1 Å². The molecule has 0 saturated heterocycles. The molecule has 110 valence electrons. The smallest absolute Gasteiger partial charge is 0.417 e. The van der Waals surface area contributed by atoms with E-state index in [0.717, 1.165) is 24.3 Å². The molecule has 0 unspecified atom stereocenters. The lowest BCUT2D eigenvalue weighted by atomic mass is 10.1. The molecule has 0 spiro atoms. The van der Waals surface area contributed by atoms with Gasteiger partial charge in [0.2, 0.25) is 0 Å². The number of carbonyl (C=O) groups is 1. The van der Waals surface area contributed by atoms with Gasteiger partial charge in [0.1, 0.15) is 11.4 Å². The molecule has 0 bridgehead atoms. The summed E-state index contributed by atoms with van der Waals surface area (Å²) in [4.78, 5) is 11.5. The lowest BCUT2D eigenvalue weighted by Gasteiger charge is -2.19. The Labute approximate surface area is 114 Å². The first-order valence-electron chi connectivity index (χ1n) is 5.77. The largest absolute Gasteiger partial charge is 0.457 e. The van der Waals surface area contributed by atoms with Gasteiger partial charge < -0.3 is 4.74 Å². The predicted molar refractivity (Wildman–Crippen MR) is 66.3 cm³/mol. The standard InChI is InChI=1S/C14H14F4O2/c1-13(2,3)20-12(19)8-11(14(16,17)18)9-4-6-10(15)7-5-9/h4-8H,1-3H3/b11-8+. The van der Waals surface area contributed by atoms with Crippen LogP contribution < -0.4 is 0 Å². The van der Waals surface area contributed by atoms with Gasteiger partial charge in [0.15, 0.2) is 0 Å². The minimum atomic E-state index is -4.74. The maximum atomic E-state index is 12.9. The second-order valence-electron chi connectivity index (χ2n) is 5.10. The summed E-state index contributed by atoms with van der Waals surface area (Å²) in [6, 6.07) is 3.70. The highest BCUT2D eigenvalue weighted by molar-refractivity contribution is 5.92. The molecule has 1 aromatic carbocycles. The average Bonchev–Trinajstić information content (AvgIpc) is 2.23. The Kier molecular flexibility index (Phi) is 4.57. The summed E-state index contributed by atoms with van der Waals surface area (Å²) in [5, 5.41) is 0. The molecule has 6 heteroatoms. The molecule has 0 fully saturated rings. The van der Waals surface area contributed by atoms with Crippen LogP contribution in [0.2, 0.25) is 0 Å². The number of hydrogen-bond donors (Lipinski definition) is 0. The van der Waals surface area contributed by atoms with Crippen molar-refractivity contribution in [1.82, 2.24) is 0 Å². The number of alkyl halides is 3. The summed E-state index contributed by atoms with van der Waals surface area (Å²) in [6.45, 7) is 4.64. The number of halogens is 4. The van der Waals surface area contributed by atoms with Crippen molar-refractivity contribution in [2.75, 3.05) is 0 Å². The molecule has 0 saturated carbocycles. The maximum absolute atomic E-state index is 12.9. The quantitative estimate of drug-likeness (QED) is 0.465. The monoisotopic (exact) mass is 290 g/mol. The molecule has 0 radical (unpaired) electrons. The Bertz CT molecular complexity index is 507. The molecule has 0 aliphatic rings. The summed E-state index contributed by atoms with van der Waals surface area (Å²) in [5.74, 6) is -1.76. The molecule has 0 aromatic heterocycles. The van der Waals surface area contributed by atoms with Crippen LogP contribution in [0, 0.1) is 5.82 Å². The van der Waals surface area contributed by atoms with Crippen LogP contribution in [0.3, 0.4) is 0 Å².